The molecule has 0 saturated carbocycles. The van der Waals surface area contributed by atoms with Crippen molar-refractivity contribution in [2.24, 2.45) is 7.05 Å². The van der Waals surface area contributed by atoms with E-state index in [1.165, 1.54) is 38.5 Å². The Hall–Kier alpha value is -0.640. The first-order valence-electron chi connectivity index (χ1n) is 5.86. The molecule has 3 nitrogen and oxygen atoms in total. The van der Waals surface area contributed by atoms with Crippen LogP contribution in [-0.4, -0.2) is 14.8 Å². The van der Waals surface area contributed by atoms with Gasteiger partial charge >= 0.3 is 0 Å². The van der Waals surface area contributed by atoms with Crippen molar-refractivity contribution in [3.05, 3.63) is 10.6 Å². The van der Waals surface area contributed by atoms with Crippen LogP contribution in [0.4, 0.5) is 0 Å². The molecule has 0 saturated heterocycles. The van der Waals surface area contributed by atoms with Crippen LogP contribution in [0.15, 0.2) is 0 Å². The van der Waals surface area contributed by atoms with Crippen LogP contribution in [-0.2, 0) is 13.5 Å². The van der Waals surface area contributed by atoms with Gasteiger partial charge in [-0.15, -0.1) is 0 Å². The number of H-pyrrole nitrogens is 1. The largest absolute Gasteiger partial charge is 0.283 e. The molecule has 0 fully saturated rings. The minimum absolute atomic E-state index is 0.649. The quantitative estimate of drug-likeness (QED) is 0.572. The number of nitrogens with zero attached hydrogens (tertiary/aromatic N) is 2. The molecule has 0 aromatic carbocycles. The fourth-order valence-corrected chi connectivity index (χ4v) is 1.80. The Balaban J connectivity index is 2.12. The lowest BCUT2D eigenvalue weighted by atomic mass is 10.1. The van der Waals surface area contributed by atoms with Gasteiger partial charge in [-0.1, -0.05) is 39.0 Å². The third kappa shape index (κ3) is 4.60. The van der Waals surface area contributed by atoms with Crippen LogP contribution in [0.3, 0.4) is 0 Å². The predicted octanol–water partition coefficient (Wildman–Crippen LogP) is 3.38. The molecule has 0 spiro atoms. The van der Waals surface area contributed by atoms with Gasteiger partial charge in [0, 0.05) is 13.5 Å². The third-order valence-corrected chi connectivity index (χ3v) is 2.95. The second kappa shape index (κ2) is 6.77. The van der Waals surface area contributed by atoms with Crippen LogP contribution < -0.4 is 0 Å². The number of hydrogen-bond acceptors (Lipinski definition) is 2. The summed E-state index contributed by atoms with van der Waals surface area (Å²) in [4.78, 5) is 4.27. The Morgan fingerprint density at radius 1 is 1.20 bits per heavy atom. The molecule has 86 valence electrons. The fraction of sp³-hybridized carbons (Fsp3) is 0.818. The monoisotopic (exact) mass is 227 g/mol. The summed E-state index contributed by atoms with van der Waals surface area (Å²) in [5.74, 6) is 1.03. The molecule has 0 aliphatic rings. The summed E-state index contributed by atoms with van der Waals surface area (Å²) in [5, 5.41) is 3.15. The second-order valence-electron chi connectivity index (χ2n) is 4.03. The summed E-state index contributed by atoms with van der Waals surface area (Å²) in [6.07, 6.45) is 8.94. The maximum absolute atomic E-state index is 5.03. The molecule has 4 heteroatoms. The number of nitrogens with one attached hydrogen (secondary N) is 1. The summed E-state index contributed by atoms with van der Waals surface area (Å²) < 4.78 is 2.44. The highest BCUT2D eigenvalue weighted by atomic mass is 32.1. The molecule has 0 aliphatic heterocycles. The van der Waals surface area contributed by atoms with Gasteiger partial charge in [0.05, 0.1) is 0 Å². The SMILES string of the molecule is CCCCCCCCc1nc(=S)n(C)[nH]1. The summed E-state index contributed by atoms with van der Waals surface area (Å²) in [6.45, 7) is 2.24. The van der Waals surface area contributed by atoms with Crippen molar-refractivity contribution in [1.82, 2.24) is 14.8 Å². The van der Waals surface area contributed by atoms with E-state index >= 15 is 0 Å². The van der Waals surface area contributed by atoms with Crippen LogP contribution in [0, 0.1) is 4.77 Å². The van der Waals surface area contributed by atoms with Gasteiger partial charge in [-0.2, -0.15) is 0 Å². The Bertz CT molecular complexity index is 327. The van der Waals surface area contributed by atoms with Gasteiger partial charge in [0.2, 0.25) is 4.77 Å². The molecular formula is C11H21N3S. The molecule has 1 N–H and O–H groups in total. The van der Waals surface area contributed by atoms with Gasteiger partial charge in [-0.05, 0) is 18.6 Å². The molecule has 1 rings (SSSR count). The molecule has 0 radical (unpaired) electrons. The number of aromatic nitrogens is 3. The van der Waals surface area contributed by atoms with Crippen LogP contribution in [0.25, 0.3) is 0 Å². The summed E-state index contributed by atoms with van der Waals surface area (Å²) in [5.41, 5.74) is 0. The summed E-state index contributed by atoms with van der Waals surface area (Å²) in [6, 6.07) is 0. The number of unbranched alkanes of at least 4 members (excludes halogenated alkanes) is 5. The topological polar surface area (TPSA) is 33.6 Å². The smallest absolute Gasteiger partial charge is 0.215 e. The highest BCUT2D eigenvalue weighted by Gasteiger charge is 1.98. The minimum Gasteiger partial charge on any atom is -0.283 e. The van der Waals surface area contributed by atoms with E-state index in [2.05, 4.69) is 17.0 Å². The van der Waals surface area contributed by atoms with Crippen LogP contribution in [0.2, 0.25) is 0 Å². The molecule has 0 amide bonds. The maximum atomic E-state index is 5.03. The molecular weight excluding hydrogens is 206 g/mol. The second-order valence-corrected chi connectivity index (χ2v) is 4.39. The zero-order valence-corrected chi connectivity index (χ0v) is 10.6. The Labute approximate surface area is 96.9 Å². The zero-order valence-electron chi connectivity index (χ0n) is 9.75. The highest BCUT2D eigenvalue weighted by Crippen LogP contribution is 2.07. The highest BCUT2D eigenvalue weighted by molar-refractivity contribution is 7.71. The summed E-state index contributed by atoms with van der Waals surface area (Å²) >= 11 is 5.03. The number of rotatable bonds is 7. The first-order chi connectivity index (χ1) is 7.24. The van der Waals surface area contributed by atoms with E-state index in [0.717, 1.165) is 12.2 Å². The Kier molecular flexibility index (Phi) is 5.61. The lowest BCUT2D eigenvalue weighted by Gasteiger charge is -1.98. The van der Waals surface area contributed by atoms with Gasteiger partial charge in [0.1, 0.15) is 5.82 Å². The molecule has 1 heterocycles. The van der Waals surface area contributed by atoms with Crippen molar-refractivity contribution in [3.8, 4) is 0 Å². The average molecular weight is 227 g/mol. The first kappa shape index (κ1) is 12.4. The molecule has 0 unspecified atom stereocenters. The van der Waals surface area contributed by atoms with E-state index in [1.54, 1.807) is 4.68 Å². The van der Waals surface area contributed by atoms with Crippen LogP contribution >= 0.6 is 12.2 Å². The van der Waals surface area contributed by atoms with E-state index in [9.17, 15) is 0 Å². The van der Waals surface area contributed by atoms with E-state index in [4.69, 9.17) is 12.2 Å². The van der Waals surface area contributed by atoms with E-state index < -0.39 is 0 Å². The van der Waals surface area contributed by atoms with Gasteiger partial charge in [0.15, 0.2) is 0 Å². The van der Waals surface area contributed by atoms with Crippen LogP contribution in [0.1, 0.15) is 51.3 Å². The number of aromatic amines is 1. The number of hydrogen-bond donors (Lipinski definition) is 1. The first-order valence-corrected chi connectivity index (χ1v) is 6.26. The molecule has 1 aromatic rings. The number of aryl methyl sites for hydroxylation is 2. The molecule has 15 heavy (non-hydrogen) atoms. The van der Waals surface area contributed by atoms with Gasteiger partial charge in [-0.25, -0.2) is 4.98 Å². The van der Waals surface area contributed by atoms with Crippen molar-refractivity contribution in [2.75, 3.05) is 0 Å². The van der Waals surface area contributed by atoms with Crippen molar-refractivity contribution in [3.63, 3.8) is 0 Å². The Morgan fingerprint density at radius 2 is 1.87 bits per heavy atom. The van der Waals surface area contributed by atoms with Crippen molar-refractivity contribution in [2.45, 2.75) is 51.9 Å². The van der Waals surface area contributed by atoms with E-state index in [0.29, 0.717) is 4.77 Å². The standard InChI is InChI=1S/C11H21N3S/c1-3-4-5-6-7-8-9-10-12-11(15)14(2)13-10/h3-9H2,1-2H3,(H,12,13,15). The Morgan fingerprint density at radius 3 is 2.47 bits per heavy atom. The summed E-state index contributed by atoms with van der Waals surface area (Å²) in [7, 11) is 1.90. The van der Waals surface area contributed by atoms with E-state index in [1.807, 2.05) is 7.05 Å². The van der Waals surface area contributed by atoms with E-state index in [-0.39, 0.29) is 0 Å². The molecule has 0 atom stereocenters. The van der Waals surface area contributed by atoms with Crippen molar-refractivity contribution in [1.29, 1.82) is 0 Å². The third-order valence-electron chi connectivity index (χ3n) is 2.58. The molecule has 0 bridgehead atoms. The lowest BCUT2D eigenvalue weighted by molar-refractivity contribution is 0.598. The van der Waals surface area contributed by atoms with Crippen molar-refractivity contribution >= 4 is 12.2 Å². The zero-order chi connectivity index (χ0) is 11.1. The predicted molar refractivity (Wildman–Crippen MR) is 65.5 cm³/mol. The normalized spacial score (nSPS) is 10.8. The lowest BCUT2D eigenvalue weighted by Crippen LogP contribution is -1.92. The van der Waals surface area contributed by atoms with Gasteiger partial charge < -0.3 is 0 Å². The average Bonchev–Trinajstić information content (AvgIpc) is 2.52. The fourth-order valence-electron chi connectivity index (χ4n) is 1.64. The van der Waals surface area contributed by atoms with Gasteiger partial charge in [-0.3, -0.25) is 9.78 Å². The molecule has 1 aromatic heterocycles. The van der Waals surface area contributed by atoms with Gasteiger partial charge in [0.25, 0.3) is 0 Å². The van der Waals surface area contributed by atoms with Crippen LogP contribution in [0.5, 0.6) is 0 Å². The maximum Gasteiger partial charge on any atom is 0.215 e. The minimum atomic E-state index is 0.649. The molecule has 0 aliphatic carbocycles. The van der Waals surface area contributed by atoms with Crippen molar-refractivity contribution < 1.29 is 0 Å².